The molecule has 7 heteroatoms. The van der Waals surface area contributed by atoms with Crippen molar-refractivity contribution in [2.75, 3.05) is 18.8 Å². The molecule has 0 saturated heterocycles. The van der Waals surface area contributed by atoms with Crippen molar-refractivity contribution in [3.8, 4) is 11.5 Å². The lowest BCUT2D eigenvalue weighted by Gasteiger charge is -2.31. The van der Waals surface area contributed by atoms with Crippen LogP contribution in [0.4, 0.5) is 5.82 Å². The summed E-state index contributed by atoms with van der Waals surface area (Å²) < 4.78 is 0. The summed E-state index contributed by atoms with van der Waals surface area (Å²) in [5.74, 6) is 1.50. The number of aromatic nitrogens is 4. The number of fused-ring (bicyclic) bond motifs is 1. The molecule has 1 amide bonds. The summed E-state index contributed by atoms with van der Waals surface area (Å²) in [6.45, 7) is 1.36. The number of carbonyl (C=O) groups is 1. The number of nitrogens with one attached hydrogen (secondary N) is 1. The van der Waals surface area contributed by atoms with Crippen molar-refractivity contribution >= 4 is 28.3 Å². The number of carbonyl (C=O) groups excluding carboxylic acids is 1. The van der Waals surface area contributed by atoms with Gasteiger partial charge in [0.15, 0.2) is 11.6 Å². The van der Waals surface area contributed by atoms with E-state index >= 15 is 0 Å². The van der Waals surface area contributed by atoms with Crippen molar-refractivity contribution in [3.05, 3.63) is 42.2 Å². The molecule has 0 radical (unpaired) electrons. The van der Waals surface area contributed by atoms with Crippen LogP contribution in [0, 0.1) is 5.92 Å². The number of benzene rings is 1. The zero-order valence-corrected chi connectivity index (χ0v) is 17.0. The first-order chi connectivity index (χ1) is 14.7. The molecule has 1 aliphatic heterocycles. The highest BCUT2D eigenvalue weighted by Gasteiger charge is 2.27. The molecule has 0 atom stereocenters. The molecule has 0 spiro atoms. The summed E-state index contributed by atoms with van der Waals surface area (Å²) in [6, 6.07) is 7.83. The van der Waals surface area contributed by atoms with Crippen molar-refractivity contribution in [3.63, 3.8) is 0 Å². The first-order valence-corrected chi connectivity index (χ1v) is 10.7. The Morgan fingerprint density at radius 2 is 2.00 bits per heavy atom. The molecule has 1 fully saturated rings. The third-order valence-electron chi connectivity index (χ3n) is 6.22. The Hall–Kier alpha value is -3.22. The van der Waals surface area contributed by atoms with Gasteiger partial charge in [-0.15, -0.1) is 0 Å². The van der Waals surface area contributed by atoms with Gasteiger partial charge in [-0.1, -0.05) is 37.5 Å². The Labute approximate surface area is 179 Å². The van der Waals surface area contributed by atoms with E-state index in [0.29, 0.717) is 29.8 Å². The predicted molar refractivity (Wildman–Crippen MR) is 124 cm³/mol. The topological polar surface area (TPSA) is 101 Å². The number of nitrogen functional groups attached to an aromatic ring is 1. The molecular formula is C23H32N6O. The highest BCUT2D eigenvalue weighted by atomic mass is 16.2. The largest absolute Gasteiger partial charge is 0.382 e. The SMILES string of the molecule is Nc1ncc(C2=CCN(C(=O)C3CCCCC3)CC2)nc1-c1nc2ccccc2[nH]1.[HH].[HH].[HH]. The molecule has 3 heterocycles. The van der Waals surface area contributed by atoms with Gasteiger partial charge in [0, 0.05) is 23.3 Å². The van der Waals surface area contributed by atoms with E-state index in [9.17, 15) is 4.79 Å². The maximum Gasteiger partial charge on any atom is 0.225 e. The van der Waals surface area contributed by atoms with Crippen molar-refractivity contribution < 1.29 is 9.07 Å². The number of anilines is 1. The Balaban J connectivity index is 0.00000128. The summed E-state index contributed by atoms with van der Waals surface area (Å²) >= 11 is 0. The first-order valence-electron chi connectivity index (χ1n) is 10.7. The summed E-state index contributed by atoms with van der Waals surface area (Å²) in [7, 11) is 0. The van der Waals surface area contributed by atoms with Crippen LogP contribution < -0.4 is 5.73 Å². The second-order valence-corrected chi connectivity index (χ2v) is 8.19. The highest BCUT2D eigenvalue weighted by Crippen LogP contribution is 2.29. The second kappa shape index (κ2) is 7.89. The average molecular weight is 409 g/mol. The molecule has 1 aliphatic carbocycles. The van der Waals surface area contributed by atoms with Gasteiger partial charge in [-0.2, -0.15) is 0 Å². The lowest BCUT2D eigenvalue weighted by Crippen LogP contribution is -2.39. The van der Waals surface area contributed by atoms with E-state index in [-0.39, 0.29) is 10.2 Å². The van der Waals surface area contributed by atoms with Gasteiger partial charge in [-0.05, 0) is 37.0 Å². The van der Waals surface area contributed by atoms with Gasteiger partial charge >= 0.3 is 0 Å². The summed E-state index contributed by atoms with van der Waals surface area (Å²) in [5, 5.41) is 0. The van der Waals surface area contributed by atoms with E-state index in [1.165, 1.54) is 19.3 Å². The fourth-order valence-electron chi connectivity index (χ4n) is 4.50. The molecule has 7 nitrogen and oxygen atoms in total. The monoisotopic (exact) mass is 408 g/mol. The van der Waals surface area contributed by atoms with E-state index in [1.54, 1.807) is 6.20 Å². The normalized spacial score (nSPS) is 17.9. The number of hydrogen-bond acceptors (Lipinski definition) is 5. The predicted octanol–water partition coefficient (Wildman–Crippen LogP) is 4.54. The molecule has 30 heavy (non-hydrogen) atoms. The molecule has 3 N–H and O–H groups in total. The molecule has 160 valence electrons. The van der Waals surface area contributed by atoms with Crippen LogP contribution >= 0.6 is 0 Å². The first kappa shape index (κ1) is 18.8. The van der Waals surface area contributed by atoms with Gasteiger partial charge in [-0.3, -0.25) is 4.79 Å². The summed E-state index contributed by atoms with van der Waals surface area (Å²) in [4.78, 5) is 31.8. The van der Waals surface area contributed by atoms with E-state index in [1.807, 2.05) is 29.2 Å². The fraction of sp³-hybridized carbons (Fsp3) is 0.391. The smallest absolute Gasteiger partial charge is 0.225 e. The minimum atomic E-state index is 0. The number of para-hydroxylation sites is 2. The molecule has 0 bridgehead atoms. The standard InChI is InChI=1S/C23H26N6O.3H2/c24-21-20(22-27-17-8-4-5-9-18(17)28-22)26-19(14-25-21)15-10-12-29(13-11-15)23(30)16-6-2-1-3-7-16;;;/h4-5,8-10,14,16H,1-3,6-7,11-13H2,(H2,24,25)(H,27,28);3*1H. The van der Waals surface area contributed by atoms with Crippen LogP contribution in [0.2, 0.25) is 0 Å². The average Bonchev–Trinajstić information content (AvgIpc) is 3.24. The van der Waals surface area contributed by atoms with Gasteiger partial charge in [0.1, 0.15) is 5.69 Å². The quantitative estimate of drug-likeness (QED) is 0.663. The van der Waals surface area contributed by atoms with E-state index in [4.69, 9.17) is 10.7 Å². The summed E-state index contributed by atoms with van der Waals surface area (Å²) in [5.41, 5.74) is 10.4. The number of H-pyrrole nitrogens is 1. The van der Waals surface area contributed by atoms with Crippen LogP contribution in [0.1, 0.15) is 48.5 Å². The van der Waals surface area contributed by atoms with Crippen LogP contribution in [0.5, 0.6) is 0 Å². The van der Waals surface area contributed by atoms with Crippen LogP contribution in [0.25, 0.3) is 28.1 Å². The molecule has 1 aromatic carbocycles. The van der Waals surface area contributed by atoms with Crippen LogP contribution in [-0.4, -0.2) is 43.8 Å². The molecule has 1 saturated carbocycles. The number of amides is 1. The minimum absolute atomic E-state index is 0. The highest BCUT2D eigenvalue weighted by molar-refractivity contribution is 5.82. The molecule has 2 aromatic heterocycles. The lowest BCUT2D eigenvalue weighted by atomic mass is 9.88. The van der Waals surface area contributed by atoms with Crippen molar-refractivity contribution in [2.24, 2.45) is 5.92 Å². The third kappa shape index (κ3) is 3.56. The van der Waals surface area contributed by atoms with Crippen molar-refractivity contribution in [2.45, 2.75) is 38.5 Å². The molecule has 5 rings (SSSR count). The number of nitrogens with zero attached hydrogens (tertiary/aromatic N) is 4. The number of imidazole rings is 1. The Morgan fingerprint density at radius 1 is 1.17 bits per heavy atom. The van der Waals surface area contributed by atoms with Gasteiger partial charge < -0.3 is 15.6 Å². The van der Waals surface area contributed by atoms with Crippen molar-refractivity contribution in [1.82, 2.24) is 24.8 Å². The molecule has 2 aliphatic rings. The maximum atomic E-state index is 12.8. The Morgan fingerprint density at radius 3 is 2.77 bits per heavy atom. The van der Waals surface area contributed by atoms with Gasteiger partial charge in [0.25, 0.3) is 0 Å². The third-order valence-corrected chi connectivity index (χ3v) is 6.22. The Kier molecular flexibility index (Phi) is 4.94. The molecule has 0 unspecified atom stereocenters. The van der Waals surface area contributed by atoms with Crippen LogP contribution in [0.15, 0.2) is 36.5 Å². The van der Waals surface area contributed by atoms with Gasteiger partial charge in [-0.25, -0.2) is 15.0 Å². The number of rotatable bonds is 3. The van der Waals surface area contributed by atoms with Gasteiger partial charge in [0.05, 0.1) is 22.9 Å². The molecular weight excluding hydrogens is 376 g/mol. The van der Waals surface area contributed by atoms with Crippen LogP contribution in [-0.2, 0) is 4.79 Å². The van der Waals surface area contributed by atoms with E-state index in [0.717, 1.165) is 48.1 Å². The summed E-state index contributed by atoms with van der Waals surface area (Å²) in [6.07, 6.45) is 10.3. The number of aromatic amines is 1. The zero-order chi connectivity index (χ0) is 20.5. The van der Waals surface area contributed by atoms with Gasteiger partial charge in [0.2, 0.25) is 5.91 Å². The minimum Gasteiger partial charge on any atom is -0.382 e. The second-order valence-electron chi connectivity index (χ2n) is 8.19. The Bertz CT molecular complexity index is 1090. The number of nitrogens with two attached hydrogens (primary N) is 1. The van der Waals surface area contributed by atoms with Crippen molar-refractivity contribution in [1.29, 1.82) is 0 Å². The fourth-order valence-corrected chi connectivity index (χ4v) is 4.50. The van der Waals surface area contributed by atoms with E-state index in [2.05, 4.69) is 21.0 Å². The maximum absolute atomic E-state index is 12.8. The zero-order valence-electron chi connectivity index (χ0n) is 17.0. The molecule has 3 aromatic rings. The number of hydrogen-bond donors (Lipinski definition) is 2. The lowest BCUT2D eigenvalue weighted by molar-refractivity contribution is -0.136. The van der Waals surface area contributed by atoms with Crippen LogP contribution in [0.3, 0.4) is 0 Å². The van der Waals surface area contributed by atoms with E-state index < -0.39 is 0 Å².